The maximum absolute atomic E-state index is 12.5. The summed E-state index contributed by atoms with van der Waals surface area (Å²) in [5.41, 5.74) is -0.239. The van der Waals surface area contributed by atoms with Gasteiger partial charge in [-0.1, -0.05) is 33.1 Å². The molecule has 1 unspecified atom stereocenters. The largest absolute Gasteiger partial charge is 0.476 e. The fourth-order valence-electron chi connectivity index (χ4n) is 2.23. The maximum atomic E-state index is 12.5. The average molecular weight is 317 g/mol. The zero-order chi connectivity index (χ0) is 16.0. The van der Waals surface area contributed by atoms with Gasteiger partial charge >= 0.3 is 5.97 Å². The van der Waals surface area contributed by atoms with Crippen molar-refractivity contribution in [2.45, 2.75) is 63.8 Å². The lowest BCUT2D eigenvalue weighted by molar-refractivity contribution is 0.0686. The first-order chi connectivity index (χ1) is 9.83. The predicted octanol–water partition coefficient (Wildman–Crippen LogP) is 2.05. The average Bonchev–Trinajstić information content (AvgIpc) is 2.79. The fourth-order valence-corrected chi connectivity index (χ4v) is 3.86. The van der Waals surface area contributed by atoms with E-state index in [0.29, 0.717) is 0 Å². The molecule has 1 rings (SSSR count). The highest BCUT2D eigenvalue weighted by atomic mass is 32.2. The maximum Gasteiger partial charge on any atom is 0.357 e. The summed E-state index contributed by atoms with van der Waals surface area (Å²) in [6.07, 6.45) is 4.21. The summed E-state index contributed by atoms with van der Waals surface area (Å²) in [6.45, 7) is 5.52. The number of aromatic amines is 1. The third-order valence-electron chi connectivity index (χ3n) is 3.23. The van der Waals surface area contributed by atoms with Gasteiger partial charge in [0.15, 0.2) is 5.69 Å². The summed E-state index contributed by atoms with van der Waals surface area (Å²) >= 11 is 0. The minimum atomic E-state index is -3.90. The summed E-state index contributed by atoms with van der Waals surface area (Å²) in [5.74, 6) is -1.36. The zero-order valence-corrected chi connectivity index (χ0v) is 13.5. The quantitative estimate of drug-likeness (QED) is 0.645. The van der Waals surface area contributed by atoms with Crippen LogP contribution in [0, 0.1) is 6.92 Å². The number of nitrogens with one attached hydrogen (secondary N) is 2. The van der Waals surface area contributed by atoms with Gasteiger partial charge in [-0.15, -0.1) is 0 Å². The van der Waals surface area contributed by atoms with E-state index in [9.17, 15) is 13.2 Å². The van der Waals surface area contributed by atoms with Crippen molar-refractivity contribution in [1.29, 1.82) is 0 Å². The third kappa shape index (κ3) is 4.53. The third-order valence-corrected chi connectivity index (χ3v) is 4.91. The highest BCUT2D eigenvalue weighted by molar-refractivity contribution is 7.89. The first kappa shape index (κ1) is 17.6. The topological polar surface area (TPSA) is 112 Å². The molecule has 1 aromatic heterocycles. The standard InChI is InChI=1S/C13H23N3O4S/c1-4-6-8-10(7-5-2)16-21(19,20)12-9(3)14-15-11(12)13(17)18/h10,16H,4-8H2,1-3H3,(H,14,15)(H,17,18). The Labute approximate surface area is 125 Å². The van der Waals surface area contributed by atoms with Gasteiger partial charge < -0.3 is 5.11 Å². The minimum absolute atomic E-state index is 0.184. The molecule has 0 fully saturated rings. The number of aromatic carboxylic acids is 1. The Balaban J connectivity index is 3.04. The lowest BCUT2D eigenvalue weighted by atomic mass is 10.1. The molecule has 120 valence electrons. The Morgan fingerprint density at radius 2 is 2.00 bits per heavy atom. The van der Waals surface area contributed by atoms with Crippen molar-refractivity contribution < 1.29 is 18.3 Å². The van der Waals surface area contributed by atoms with E-state index in [2.05, 4.69) is 14.9 Å². The first-order valence-electron chi connectivity index (χ1n) is 7.14. The van der Waals surface area contributed by atoms with Crippen molar-refractivity contribution in [2.24, 2.45) is 0 Å². The SMILES string of the molecule is CCCCC(CCC)NS(=O)(=O)c1c(C(=O)O)n[nH]c1C. The smallest absolute Gasteiger partial charge is 0.357 e. The molecule has 8 heteroatoms. The molecule has 0 saturated heterocycles. The van der Waals surface area contributed by atoms with E-state index >= 15 is 0 Å². The van der Waals surface area contributed by atoms with Gasteiger partial charge in [0.25, 0.3) is 0 Å². The molecular formula is C13H23N3O4S. The van der Waals surface area contributed by atoms with Crippen molar-refractivity contribution >= 4 is 16.0 Å². The van der Waals surface area contributed by atoms with Gasteiger partial charge in [-0.05, 0) is 19.8 Å². The summed E-state index contributed by atoms with van der Waals surface area (Å²) < 4.78 is 27.5. The van der Waals surface area contributed by atoms with Crippen molar-refractivity contribution in [3.8, 4) is 0 Å². The van der Waals surface area contributed by atoms with Gasteiger partial charge in [0, 0.05) is 6.04 Å². The number of carbonyl (C=O) groups is 1. The van der Waals surface area contributed by atoms with Gasteiger partial charge in [-0.2, -0.15) is 5.10 Å². The molecule has 0 aliphatic rings. The van der Waals surface area contributed by atoms with Gasteiger partial charge in [0.1, 0.15) is 4.90 Å². The van der Waals surface area contributed by atoms with Crippen molar-refractivity contribution in [3.63, 3.8) is 0 Å². The summed E-state index contributed by atoms with van der Waals surface area (Å²) in [5, 5.41) is 15.0. The van der Waals surface area contributed by atoms with Crippen LogP contribution in [0.25, 0.3) is 0 Å². The molecule has 0 aromatic carbocycles. The van der Waals surface area contributed by atoms with E-state index in [1.807, 2.05) is 13.8 Å². The van der Waals surface area contributed by atoms with Crippen LogP contribution in [0.15, 0.2) is 4.90 Å². The molecule has 0 spiro atoms. The van der Waals surface area contributed by atoms with E-state index in [4.69, 9.17) is 5.11 Å². The van der Waals surface area contributed by atoms with Crippen LogP contribution in [0.3, 0.4) is 0 Å². The fraction of sp³-hybridized carbons (Fsp3) is 0.692. The van der Waals surface area contributed by atoms with Crippen LogP contribution in [-0.2, 0) is 10.0 Å². The predicted molar refractivity (Wildman–Crippen MR) is 78.8 cm³/mol. The molecule has 0 bridgehead atoms. The molecule has 0 radical (unpaired) electrons. The number of aryl methyl sites for hydroxylation is 1. The highest BCUT2D eigenvalue weighted by Gasteiger charge is 2.29. The molecular weight excluding hydrogens is 294 g/mol. The summed E-state index contributed by atoms with van der Waals surface area (Å²) in [4.78, 5) is 10.8. The zero-order valence-electron chi connectivity index (χ0n) is 12.6. The molecule has 0 aliphatic heterocycles. The molecule has 0 saturated carbocycles. The van der Waals surface area contributed by atoms with Crippen LogP contribution in [0.4, 0.5) is 0 Å². The summed E-state index contributed by atoms with van der Waals surface area (Å²) in [6, 6.07) is -0.184. The second-order valence-corrected chi connectivity index (χ2v) is 6.73. The number of H-pyrrole nitrogens is 1. The van der Waals surface area contributed by atoms with Crippen molar-refractivity contribution in [2.75, 3.05) is 0 Å². The molecule has 0 amide bonds. The van der Waals surface area contributed by atoms with Gasteiger partial charge in [0.2, 0.25) is 10.0 Å². The highest BCUT2D eigenvalue weighted by Crippen LogP contribution is 2.19. The van der Waals surface area contributed by atoms with Gasteiger partial charge in [-0.3, -0.25) is 5.10 Å². The number of carboxylic acid groups (broad SMARTS) is 1. The lowest BCUT2D eigenvalue weighted by Crippen LogP contribution is -2.35. The number of sulfonamides is 1. The minimum Gasteiger partial charge on any atom is -0.476 e. The number of nitrogens with zero attached hydrogens (tertiary/aromatic N) is 1. The normalized spacial score (nSPS) is 13.3. The van der Waals surface area contributed by atoms with Gasteiger partial charge in [0.05, 0.1) is 5.69 Å². The van der Waals surface area contributed by atoms with Crippen LogP contribution in [0.2, 0.25) is 0 Å². The molecule has 1 heterocycles. The summed E-state index contributed by atoms with van der Waals surface area (Å²) in [7, 11) is -3.90. The molecule has 21 heavy (non-hydrogen) atoms. The van der Waals surface area contributed by atoms with E-state index in [0.717, 1.165) is 32.1 Å². The monoisotopic (exact) mass is 317 g/mol. The number of aromatic nitrogens is 2. The van der Waals surface area contributed by atoms with Crippen molar-refractivity contribution in [3.05, 3.63) is 11.4 Å². The number of unbranched alkanes of at least 4 members (excludes halogenated alkanes) is 1. The second kappa shape index (κ2) is 7.56. The van der Waals surface area contributed by atoms with E-state index in [1.165, 1.54) is 6.92 Å². The lowest BCUT2D eigenvalue weighted by Gasteiger charge is -2.18. The van der Waals surface area contributed by atoms with Crippen LogP contribution >= 0.6 is 0 Å². The van der Waals surface area contributed by atoms with Crippen molar-refractivity contribution in [1.82, 2.24) is 14.9 Å². The molecule has 3 N–H and O–H groups in total. The van der Waals surface area contributed by atoms with E-state index in [1.54, 1.807) is 0 Å². The Bertz CT molecular complexity index is 580. The second-order valence-electron chi connectivity index (χ2n) is 5.08. The number of rotatable bonds is 9. The molecule has 0 aliphatic carbocycles. The Morgan fingerprint density at radius 3 is 2.52 bits per heavy atom. The number of carboxylic acids is 1. The number of hydrogen-bond acceptors (Lipinski definition) is 4. The Kier molecular flexibility index (Phi) is 6.35. The molecule has 1 aromatic rings. The molecule has 7 nitrogen and oxygen atoms in total. The van der Waals surface area contributed by atoms with Crippen LogP contribution in [-0.4, -0.2) is 35.7 Å². The first-order valence-corrected chi connectivity index (χ1v) is 8.62. The number of hydrogen-bond donors (Lipinski definition) is 3. The Morgan fingerprint density at radius 1 is 1.33 bits per heavy atom. The molecule has 1 atom stereocenters. The van der Waals surface area contributed by atoms with E-state index < -0.39 is 21.7 Å². The van der Waals surface area contributed by atoms with Crippen LogP contribution in [0.1, 0.15) is 62.1 Å². The van der Waals surface area contributed by atoms with Crippen LogP contribution in [0.5, 0.6) is 0 Å². The van der Waals surface area contributed by atoms with E-state index in [-0.39, 0.29) is 16.6 Å². The van der Waals surface area contributed by atoms with Gasteiger partial charge in [-0.25, -0.2) is 17.9 Å². The Hall–Kier alpha value is -1.41. The van der Waals surface area contributed by atoms with Crippen LogP contribution < -0.4 is 4.72 Å².